The molecule has 1 fully saturated rings. The second kappa shape index (κ2) is 8.73. The number of methoxy groups -OCH3 is 1. The highest BCUT2D eigenvalue weighted by Gasteiger charge is 2.35. The summed E-state index contributed by atoms with van der Waals surface area (Å²) in [7, 11) is -2.01. The van der Waals surface area contributed by atoms with Crippen LogP contribution in [0.2, 0.25) is 0 Å². The fraction of sp³-hybridized carbons (Fsp3) is 0.435. The van der Waals surface area contributed by atoms with Gasteiger partial charge in [-0.2, -0.15) is 4.31 Å². The van der Waals surface area contributed by atoms with Gasteiger partial charge in [-0.3, -0.25) is 4.79 Å². The van der Waals surface area contributed by atoms with Crippen LogP contribution in [0, 0.1) is 0 Å². The van der Waals surface area contributed by atoms with Gasteiger partial charge < -0.3 is 19.5 Å². The van der Waals surface area contributed by atoms with Gasteiger partial charge in [-0.1, -0.05) is 0 Å². The molecule has 1 atom stereocenters. The number of rotatable bonds is 5. The van der Waals surface area contributed by atoms with Crippen molar-refractivity contribution in [1.29, 1.82) is 0 Å². The number of hydrogen-bond acceptors (Lipinski definition) is 6. The molecular formula is C23H28N2O6S. The third-order valence-electron chi connectivity index (χ3n) is 5.70. The van der Waals surface area contributed by atoms with Gasteiger partial charge in [0.1, 0.15) is 17.1 Å². The molecule has 2 aliphatic heterocycles. The van der Waals surface area contributed by atoms with E-state index < -0.39 is 15.6 Å². The number of carbonyl (C=O) groups excluding carboxylic acids is 1. The average molecular weight is 461 g/mol. The number of ether oxygens (including phenoxy) is 3. The average Bonchev–Trinajstić information content (AvgIpc) is 2.79. The third-order valence-corrected chi connectivity index (χ3v) is 7.62. The Kier molecular flexibility index (Phi) is 6.15. The van der Waals surface area contributed by atoms with E-state index in [0.717, 1.165) is 5.56 Å². The van der Waals surface area contributed by atoms with Crippen LogP contribution in [-0.4, -0.2) is 57.6 Å². The molecule has 1 saturated heterocycles. The van der Waals surface area contributed by atoms with Crippen molar-refractivity contribution in [3.63, 3.8) is 0 Å². The van der Waals surface area contributed by atoms with Crippen molar-refractivity contribution < 1.29 is 27.4 Å². The number of hydrogen-bond donors (Lipinski definition) is 1. The first kappa shape index (κ1) is 22.6. The Morgan fingerprint density at radius 3 is 2.47 bits per heavy atom. The molecule has 0 aromatic heterocycles. The van der Waals surface area contributed by atoms with Crippen LogP contribution in [0.3, 0.4) is 0 Å². The van der Waals surface area contributed by atoms with Crippen molar-refractivity contribution >= 4 is 15.9 Å². The molecule has 2 heterocycles. The van der Waals surface area contributed by atoms with E-state index in [1.54, 1.807) is 19.2 Å². The summed E-state index contributed by atoms with van der Waals surface area (Å²) in [6, 6.07) is 11.3. The van der Waals surface area contributed by atoms with Crippen LogP contribution < -0.4 is 14.8 Å². The van der Waals surface area contributed by atoms with Gasteiger partial charge in [-0.25, -0.2) is 8.42 Å². The molecule has 2 aromatic carbocycles. The van der Waals surface area contributed by atoms with E-state index >= 15 is 0 Å². The fourth-order valence-electron chi connectivity index (χ4n) is 4.04. The minimum Gasteiger partial charge on any atom is -0.497 e. The molecule has 0 aliphatic carbocycles. The molecule has 2 aliphatic rings. The lowest BCUT2D eigenvalue weighted by atomic mass is 9.89. The molecule has 0 bridgehead atoms. The Balaban J connectivity index is 1.53. The first-order valence-corrected chi connectivity index (χ1v) is 12.0. The molecule has 1 amide bonds. The zero-order valence-corrected chi connectivity index (χ0v) is 19.3. The van der Waals surface area contributed by atoms with Crippen molar-refractivity contribution in [2.24, 2.45) is 0 Å². The number of morpholine rings is 1. The summed E-state index contributed by atoms with van der Waals surface area (Å²) in [6.07, 6.45) is 0.586. The maximum Gasteiger partial charge on any atom is 0.251 e. The predicted molar refractivity (Wildman–Crippen MR) is 119 cm³/mol. The van der Waals surface area contributed by atoms with Crippen LogP contribution in [0.25, 0.3) is 0 Å². The van der Waals surface area contributed by atoms with Gasteiger partial charge in [-0.05, 0) is 56.3 Å². The third kappa shape index (κ3) is 4.60. The lowest BCUT2D eigenvalue weighted by molar-refractivity contribution is 0.0618. The highest BCUT2D eigenvalue weighted by atomic mass is 32.2. The zero-order chi connectivity index (χ0) is 22.9. The van der Waals surface area contributed by atoms with Crippen molar-refractivity contribution in [3.8, 4) is 11.5 Å². The molecule has 0 saturated carbocycles. The second-order valence-electron chi connectivity index (χ2n) is 8.54. The number of benzene rings is 2. The standard InChI is InChI=1S/C23H28N2O6S/c1-23(2)15-20(19-14-17(29-3)6-9-21(19)31-23)24-22(26)16-4-7-18(8-5-16)32(27,28)25-10-12-30-13-11-25/h4-9,14,20H,10-13,15H2,1-3H3,(H,24,26). The molecule has 2 aromatic rings. The summed E-state index contributed by atoms with van der Waals surface area (Å²) in [6.45, 7) is 5.37. The smallest absolute Gasteiger partial charge is 0.251 e. The van der Waals surface area contributed by atoms with E-state index in [-0.39, 0.29) is 16.8 Å². The largest absolute Gasteiger partial charge is 0.497 e. The van der Waals surface area contributed by atoms with E-state index in [4.69, 9.17) is 14.2 Å². The van der Waals surface area contributed by atoms with E-state index in [2.05, 4.69) is 5.32 Å². The van der Waals surface area contributed by atoms with Gasteiger partial charge in [0.2, 0.25) is 10.0 Å². The summed E-state index contributed by atoms with van der Waals surface area (Å²) in [5.41, 5.74) is 0.790. The van der Waals surface area contributed by atoms with Crippen LogP contribution >= 0.6 is 0 Å². The first-order valence-electron chi connectivity index (χ1n) is 10.6. The highest BCUT2D eigenvalue weighted by molar-refractivity contribution is 7.89. The number of fused-ring (bicyclic) bond motifs is 1. The summed E-state index contributed by atoms with van der Waals surface area (Å²) < 4.78 is 43.6. The van der Waals surface area contributed by atoms with Gasteiger partial charge in [0, 0.05) is 30.6 Å². The predicted octanol–water partition coefficient (Wildman–Crippen LogP) is 2.75. The molecular weight excluding hydrogens is 432 g/mol. The Bertz CT molecular complexity index is 1090. The molecule has 1 N–H and O–H groups in total. The lowest BCUT2D eigenvalue weighted by Gasteiger charge is -2.38. The van der Waals surface area contributed by atoms with E-state index in [0.29, 0.717) is 49.8 Å². The first-order chi connectivity index (χ1) is 15.2. The molecule has 4 rings (SSSR count). The SMILES string of the molecule is COc1ccc2c(c1)C(NC(=O)c1ccc(S(=O)(=O)N3CCOCC3)cc1)CC(C)(C)O2. The van der Waals surface area contributed by atoms with Crippen LogP contribution in [0.15, 0.2) is 47.4 Å². The Hall–Kier alpha value is -2.62. The Labute approximate surface area is 188 Å². The number of amides is 1. The van der Waals surface area contributed by atoms with Gasteiger partial charge in [0.25, 0.3) is 5.91 Å². The number of sulfonamides is 1. The Morgan fingerprint density at radius 1 is 1.12 bits per heavy atom. The maximum atomic E-state index is 13.0. The zero-order valence-electron chi connectivity index (χ0n) is 18.5. The summed E-state index contributed by atoms with van der Waals surface area (Å²) in [5.74, 6) is 1.11. The van der Waals surface area contributed by atoms with Crippen molar-refractivity contribution in [3.05, 3.63) is 53.6 Å². The monoisotopic (exact) mass is 460 g/mol. The van der Waals surface area contributed by atoms with E-state index in [1.807, 2.05) is 32.0 Å². The van der Waals surface area contributed by atoms with Crippen LogP contribution in [0.5, 0.6) is 11.5 Å². The fourth-order valence-corrected chi connectivity index (χ4v) is 5.45. The number of carbonyl (C=O) groups is 1. The van der Waals surface area contributed by atoms with Crippen LogP contribution in [0.4, 0.5) is 0 Å². The minimum atomic E-state index is -3.60. The summed E-state index contributed by atoms with van der Waals surface area (Å²) >= 11 is 0. The molecule has 0 spiro atoms. The summed E-state index contributed by atoms with van der Waals surface area (Å²) in [5, 5.41) is 3.07. The lowest BCUT2D eigenvalue weighted by Crippen LogP contribution is -2.41. The van der Waals surface area contributed by atoms with E-state index in [1.165, 1.54) is 16.4 Å². The van der Waals surface area contributed by atoms with Gasteiger partial charge in [0.05, 0.1) is 31.3 Å². The quantitative estimate of drug-likeness (QED) is 0.737. The Morgan fingerprint density at radius 2 is 1.81 bits per heavy atom. The second-order valence-corrected chi connectivity index (χ2v) is 10.5. The molecule has 172 valence electrons. The topological polar surface area (TPSA) is 94.2 Å². The normalized spacial score (nSPS) is 20.7. The molecule has 8 nitrogen and oxygen atoms in total. The van der Waals surface area contributed by atoms with Gasteiger partial charge in [0.15, 0.2) is 0 Å². The van der Waals surface area contributed by atoms with Crippen molar-refractivity contribution in [1.82, 2.24) is 9.62 Å². The van der Waals surface area contributed by atoms with E-state index in [9.17, 15) is 13.2 Å². The van der Waals surface area contributed by atoms with Crippen molar-refractivity contribution in [2.75, 3.05) is 33.4 Å². The molecule has 0 radical (unpaired) electrons. The van der Waals surface area contributed by atoms with Gasteiger partial charge >= 0.3 is 0 Å². The number of nitrogens with one attached hydrogen (secondary N) is 1. The molecule has 9 heteroatoms. The number of nitrogens with zero attached hydrogens (tertiary/aromatic N) is 1. The minimum absolute atomic E-state index is 0.165. The molecule has 1 unspecified atom stereocenters. The maximum absolute atomic E-state index is 13.0. The highest BCUT2D eigenvalue weighted by Crippen LogP contribution is 2.41. The van der Waals surface area contributed by atoms with Crippen LogP contribution in [-0.2, 0) is 14.8 Å². The molecule has 32 heavy (non-hydrogen) atoms. The van der Waals surface area contributed by atoms with Crippen LogP contribution in [0.1, 0.15) is 42.2 Å². The van der Waals surface area contributed by atoms with Gasteiger partial charge in [-0.15, -0.1) is 0 Å². The summed E-state index contributed by atoms with van der Waals surface area (Å²) in [4.78, 5) is 13.2. The van der Waals surface area contributed by atoms with Crippen molar-refractivity contribution in [2.45, 2.75) is 36.8 Å².